The van der Waals surface area contributed by atoms with E-state index in [1.165, 1.54) is 11.7 Å². The van der Waals surface area contributed by atoms with Crippen LogP contribution in [0.5, 0.6) is 11.6 Å². The van der Waals surface area contributed by atoms with E-state index in [0.29, 0.717) is 10.8 Å². The minimum absolute atomic E-state index is 0.178. The molecule has 1 unspecified atom stereocenters. The van der Waals surface area contributed by atoms with Gasteiger partial charge in [-0.2, -0.15) is 14.5 Å². The number of methoxy groups -OCH3 is 1. The second kappa shape index (κ2) is 10.2. The van der Waals surface area contributed by atoms with E-state index in [2.05, 4.69) is 14.5 Å². The summed E-state index contributed by atoms with van der Waals surface area (Å²) in [4.78, 5) is 26.0. The van der Waals surface area contributed by atoms with Crippen LogP contribution in [0, 0.1) is 0 Å². The Labute approximate surface area is 203 Å². The van der Waals surface area contributed by atoms with Crippen molar-refractivity contribution in [3.8, 4) is 11.6 Å². The first-order chi connectivity index (χ1) is 16.6. The Balaban J connectivity index is 1.62. The smallest absolute Gasteiger partial charge is 0.469 e. The van der Waals surface area contributed by atoms with Gasteiger partial charge in [0.25, 0.3) is 17.0 Å². The second-order valence-electron chi connectivity index (χ2n) is 7.64. The van der Waals surface area contributed by atoms with Crippen LogP contribution >= 0.6 is 19.4 Å². The summed E-state index contributed by atoms with van der Waals surface area (Å²) in [5.41, 5.74) is 6.14. The largest absolute Gasteiger partial charge is 0.490 e. The van der Waals surface area contributed by atoms with Crippen LogP contribution in [-0.2, 0) is 25.1 Å². The number of hydrogen-bond donors (Lipinski definition) is 5. The van der Waals surface area contributed by atoms with Crippen molar-refractivity contribution in [3.05, 3.63) is 35.6 Å². The van der Waals surface area contributed by atoms with Gasteiger partial charge in [-0.3, -0.25) is 4.52 Å². The third kappa shape index (κ3) is 5.66. The Morgan fingerprint density at radius 3 is 2.66 bits per heavy atom. The Kier molecular flexibility index (Phi) is 7.45. The molecule has 190 valence electrons. The summed E-state index contributed by atoms with van der Waals surface area (Å²) in [6.45, 7) is -0.126. The molecule has 1 aliphatic heterocycles. The molecule has 0 amide bonds. The summed E-state index contributed by atoms with van der Waals surface area (Å²) in [5.74, 6) is 0.0116. The fourth-order valence-electron chi connectivity index (χ4n) is 3.80. The zero-order valence-corrected chi connectivity index (χ0v) is 20.0. The van der Waals surface area contributed by atoms with Gasteiger partial charge in [-0.1, -0.05) is 11.6 Å². The molecule has 0 spiro atoms. The normalized spacial score (nSPS) is 22.7. The summed E-state index contributed by atoms with van der Waals surface area (Å²) >= 11 is 5.89. The standard InChI is InChI=1S/C19H23ClN5O9P/c1-31-15-14(26)12(8-33-35(28,29)30)34-18(15)25-9-24(13-16(25)22-19(21)23-17(13)27)6-7-32-11-4-2-10(20)3-5-11/h2-5,9,12,14-15,18,26H,6-8H2,1H3,(H4-,21,22,23,27,28,29,30)/p+1/t12?,14-,15-,18-/m1/s1. The van der Waals surface area contributed by atoms with Gasteiger partial charge in [0.2, 0.25) is 18.5 Å². The first-order valence-electron chi connectivity index (χ1n) is 10.3. The zero-order valence-electron chi connectivity index (χ0n) is 18.3. The predicted molar refractivity (Wildman–Crippen MR) is 119 cm³/mol. The van der Waals surface area contributed by atoms with Crippen molar-refractivity contribution in [2.75, 3.05) is 26.1 Å². The van der Waals surface area contributed by atoms with Crippen LogP contribution in [0.2, 0.25) is 5.02 Å². The van der Waals surface area contributed by atoms with E-state index in [-0.39, 0.29) is 36.1 Å². The second-order valence-corrected chi connectivity index (χ2v) is 9.31. The molecule has 1 aromatic carbocycles. The van der Waals surface area contributed by atoms with Crippen LogP contribution < -0.4 is 15.0 Å². The topological polar surface area (TPSA) is 196 Å². The van der Waals surface area contributed by atoms with Crippen LogP contribution in [0.3, 0.4) is 0 Å². The van der Waals surface area contributed by atoms with Gasteiger partial charge in [0.05, 0.1) is 6.61 Å². The van der Waals surface area contributed by atoms with Gasteiger partial charge in [0.15, 0.2) is 6.10 Å². The monoisotopic (exact) mass is 532 g/mol. The molecule has 3 aromatic rings. The highest BCUT2D eigenvalue weighted by atomic mass is 35.5. The van der Waals surface area contributed by atoms with Crippen molar-refractivity contribution in [2.24, 2.45) is 0 Å². The Hall–Kier alpha value is -2.55. The van der Waals surface area contributed by atoms with Crippen molar-refractivity contribution in [2.45, 2.75) is 31.1 Å². The van der Waals surface area contributed by atoms with Gasteiger partial charge in [-0.15, -0.1) is 0 Å². The first kappa shape index (κ1) is 25.5. The molecule has 35 heavy (non-hydrogen) atoms. The predicted octanol–water partition coefficient (Wildman–Crippen LogP) is 0.122. The molecule has 3 heterocycles. The molecule has 6 N–H and O–H groups in total. The summed E-state index contributed by atoms with van der Waals surface area (Å²) in [7, 11) is -3.44. The number of phosphoric acid groups is 1. The molecule has 0 aliphatic carbocycles. The number of phosphoric ester groups is 1. The maximum Gasteiger partial charge on any atom is 0.469 e. The number of nitrogens with two attached hydrogens (primary N) is 1. The highest BCUT2D eigenvalue weighted by Gasteiger charge is 2.49. The molecular weight excluding hydrogens is 509 g/mol. The lowest BCUT2D eigenvalue weighted by atomic mass is 10.1. The number of anilines is 1. The van der Waals surface area contributed by atoms with Gasteiger partial charge >= 0.3 is 7.82 Å². The van der Waals surface area contributed by atoms with Gasteiger partial charge < -0.3 is 39.9 Å². The van der Waals surface area contributed by atoms with Crippen molar-refractivity contribution in [1.82, 2.24) is 14.5 Å². The number of halogens is 1. The molecule has 0 saturated carbocycles. The Bertz CT molecular complexity index is 1240. The number of nitrogens with zero attached hydrogens (tertiary/aromatic N) is 4. The maximum absolute atomic E-state index is 11.1. The van der Waals surface area contributed by atoms with Gasteiger partial charge in [0, 0.05) is 12.1 Å². The number of aliphatic hydroxyl groups excluding tert-OH is 1. The lowest BCUT2D eigenvalue weighted by molar-refractivity contribution is -0.673. The molecule has 2 aromatic heterocycles. The minimum Gasteiger partial charge on any atom is -0.490 e. The number of nitrogen functional groups attached to an aromatic ring is 1. The number of aromatic hydroxyl groups is 1. The van der Waals surface area contributed by atoms with Gasteiger partial charge in [-0.25, -0.2) is 9.13 Å². The van der Waals surface area contributed by atoms with Crippen LogP contribution in [-0.4, -0.2) is 73.2 Å². The van der Waals surface area contributed by atoms with E-state index in [4.69, 9.17) is 41.3 Å². The van der Waals surface area contributed by atoms with Crippen LogP contribution in [0.15, 0.2) is 30.6 Å². The molecule has 4 rings (SSSR count). The average Bonchev–Trinajstić information content (AvgIpc) is 3.30. The molecule has 14 nitrogen and oxygen atoms in total. The number of aliphatic hydroxyl groups is 1. The van der Waals surface area contributed by atoms with E-state index in [1.807, 2.05) is 0 Å². The maximum atomic E-state index is 11.1. The zero-order chi connectivity index (χ0) is 25.3. The van der Waals surface area contributed by atoms with Crippen molar-refractivity contribution in [1.29, 1.82) is 0 Å². The summed E-state index contributed by atoms with van der Waals surface area (Å²) in [6.07, 6.45) is -2.82. The fourth-order valence-corrected chi connectivity index (χ4v) is 4.27. The quantitative estimate of drug-likeness (QED) is 0.185. The number of ether oxygens (including phenoxy) is 3. The highest BCUT2D eigenvalue weighted by Crippen LogP contribution is 2.39. The molecule has 1 fully saturated rings. The van der Waals surface area contributed by atoms with E-state index in [9.17, 15) is 14.8 Å². The fraction of sp³-hybridized carbons (Fsp3) is 0.421. The number of fused-ring (bicyclic) bond motifs is 1. The van der Waals surface area contributed by atoms with E-state index in [1.54, 1.807) is 35.2 Å². The summed E-state index contributed by atoms with van der Waals surface area (Å²) in [5, 5.41) is 21.7. The summed E-state index contributed by atoms with van der Waals surface area (Å²) < 4.78 is 35.6. The number of imidazole rings is 1. The van der Waals surface area contributed by atoms with Crippen LogP contribution in [0.4, 0.5) is 5.95 Å². The van der Waals surface area contributed by atoms with Crippen LogP contribution in [0.1, 0.15) is 6.23 Å². The number of hydrogen-bond acceptors (Lipinski definition) is 10. The summed E-state index contributed by atoms with van der Waals surface area (Å²) in [6, 6.07) is 6.82. The number of rotatable bonds is 9. The lowest BCUT2D eigenvalue weighted by Crippen LogP contribution is -2.37. The first-order valence-corrected chi connectivity index (χ1v) is 12.2. The molecule has 16 heteroatoms. The van der Waals surface area contributed by atoms with Crippen molar-refractivity contribution in [3.63, 3.8) is 0 Å². The molecule has 1 aliphatic rings. The lowest BCUT2D eigenvalue weighted by Gasteiger charge is -2.16. The number of benzene rings is 1. The third-order valence-corrected chi connectivity index (χ3v) is 6.08. The van der Waals surface area contributed by atoms with E-state index >= 15 is 0 Å². The number of aromatic nitrogens is 4. The van der Waals surface area contributed by atoms with Gasteiger partial charge in [-0.05, 0) is 24.3 Å². The molecule has 0 bridgehead atoms. The minimum atomic E-state index is -4.79. The molecule has 1 saturated heterocycles. The molecular formula is C19H24ClN5O9P+. The Morgan fingerprint density at radius 1 is 1.29 bits per heavy atom. The third-order valence-electron chi connectivity index (χ3n) is 5.34. The molecule has 4 atom stereocenters. The van der Waals surface area contributed by atoms with Crippen molar-refractivity contribution < 1.29 is 47.9 Å². The van der Waals surface area contributed by atoms with Gasteiger partial charge in [0.1, 0.15) is 31.1 Å². The van der Waals surface area contributed by atoms with E-state index in [0.717, 1.165) is 0 Å². The Morgan fingerprint density at radius 2 is 2.00 bits per heavy atom. The SMILES string of the molecule is CO[C@@H]1[C@H](O)C(COP(=O)(O)O)O[C@H]1n1c[n+](CCOc2ccc(Cl)cc2)c2c(O)nc(N)nc21. The highest BCUT2D eigenvalue weighted by molar-refractivity contribution is 7.46. The van der Waals surface area contributed by atoms with Crippen LogP contribution in [0.25, 0.3) is 11.2 Å². The van der Waals surface area contributed by atoms with Crippen molar-refractivity contribution >= 4 is 36.5 Å². The molecule has 0 radical (unpaired) electrons. The average molecular weight is 533 g/mol. The van der Waals surface area contributed by atoms with E-state index < -0.39 is 39.0 Å².